The summed E-state index contributed by atoms with van der Waals surface area (Å²) >= 11 is 0. The summed E-state index contributed by atoms with van der Waals surface area (Å²) < 4.78 is 1.47. The van der Waals surface area contributed by atoms with Crippen molar-refractivity contribution in [1.29, 1.82) is 0 Å². The van der Waals surface area contributed by atoms with Gasteiger partial charge in [0.1, 0.15) is 0 Å². The maximum Gasteiger partial charge on any atom is 0.253 e. The predicted molar refractivity (Wildman–Crippen MR) is 123 cm³/mol. The van der Waals surface area contributed by atoms with Crippen LogP contribution < -0.4 is 15.8 Å². The van der Waals surface area contributed by atoms with Crippen molar-refractivity contribution in [3.63, 3.8) is 0 Å². The van der Waals surface area contributed by atoms with E-state index < -0.39 is 5.92 Å². The van der Waals surface area contributed by atoms with E-state index in [0.29, 0.717) is 25.3 Å². The quantitative estimate of drug-likeness (QED) is 0.652. The van der Waals surface area contributed by atoms with Crippen LogP contribution in [0.5, 0.6) is 0 Å². The Hall–Kier alpha value is -3.74. The summed E-state index contributed by atoms with van der Waals surface area (Å²) in [6.45, 7) is 5.00. The van der Waals surface area contributed by atoms with E-state index in [1.54, 1.807) is 4.90 Å². The molecule has 1 saturated heterocycles. The molecular weight excluding hydrogens is 404 g/mol. The molecule has 2 amide bonds. The smallest absolute Gasteiger partial charge is 0.253 e. The van der Waals surface area contributed by atoms with Gasteiger partial charge in [0, 0.05) is 43.4 Å². The van der Waals surface area contributed by atoms with Gasteiger partial charge in [0.15, 0.2) is 0 Å². The van der Waals surface area contributed by atoms with E-state index in [9.17, 15) is 14.4 Å². The van der Waals surface area contributed by atoms with Gasteiger partial charge in [-0.15, -0.1) is 0 Å². The topological polar surface area (TPSA) is 84.3 Å². The van der Waals surface area contributed by atoms with Crippen molar-refractivity contribution < 1.29 is 9.59 Å². The summed E-state index contributed by atoms with van der Waals surface area (Å²) in [5, 5.41) is 2.85. The summed E-state index contributed by atoms with van der Waals surface area (Å²) in [7, 11) is 0. The van der Waals surface area contributed by atoms with Gasteiger partial charge >= 0.3 is 0 Å². The first kappa shape index (κ1) is 21.5. The number of hydrogen-bond donors (Lipinski definition) is 1. The van der Waals surface area contributed by atoms with Crippen molar-refractivity contribution in [2.24, 2.45) is 5.92 Å². The van der Waals surface area contributed by atoms with E-state index in [1.165, 1.54) is 17.0 Å². The molecule has 0 spiro atoms. The zero-order valence-electron chi connectivity index (χ0n) is 18.2. The Labute approximate surface area is 186 Å². The van der Waals surface area contributed by atoms with Gasteiger partial charge in [-0.3, -0.25) is 19.0 Å². The Kier molecular flexibility index (Phi) is 6.16. The van der Waals surface area contributed by atoms with Crippen LogP contribution in [0.2, 0.25) is 0 Å². The Balaban J connectivity index is 1.33. The molecule has 1 N–H and O–H groups in total. The number of rotatable bonds is 6. The molecule has 0 bridgehead atoms. The van der Waals surface area contributed by atoms with E-state index in [-0.39, 0.29) is 23.8 Å². The predicted octanol–water partition coefficient (Wildman–Crippen LogP) is 2.70. The maximum atomic E-state index is 12.6. The van der Waals surface area contributed by atoms with Crippen molar-refractivity contribution in [2.45, 2.75) is 26.8 Å². The van der Waals surface area contributed by atoms with Gasteiger partial charge in [-0.05, 0) is 37.1 Å². The Bertz CT molecular complexity index is 1200. The van der Waals surface area contributed by atoms with Crippen LogP contribution in [0.4, 0.5) is 5.69 Å². The van der Waals surface area contributed by atoms with Gasteiger partial charge in [0.25, 0.3) is 5.56 Å². The lowest BCUT2D eigenvalue weighted by molar-refractivity contribution is -0.126. The van der Waals surface area contributed by atoms with Gasteiger partial charge in [0.2, 0.25) is 11.8 Å². The Morgan fingerprint density at radius 3 is 2.56 bits per heavy atom. The van der Waals surface area contributed by atoms with E-state index in [0.717, 1.165) is 22.4 Å². The molecular formula is C25H26N4O3. The van der Waals surface area contributed by atoms with Crippen LogP contribution in [-0.2, 0) is 16.1 Å². The standard InChI is InChI=1S/C25H26N4O3/c1-17-8-9-21(12-18(17)2)29-15-20(13-24(29)31)25(32)26-10-11-28-16-27-22(14-23(28)30)19-6-4-3-5-7-19/h3-9,12,14,16,20H,10-11,13,15H2,1-2H3,(H,26,32)/t20-/m1/s1. The highest BCUT2D eigenvalue weighted by Crippen LogP contribution is 2.26. The van der Waals surface area contributed by atoms with Crippen molar-refractivity contribution in [3.8, 4) is 11.3 Å². The first-order valence-corrected chi connectivity index (χ1v) is 10.7. The van der Waals surface area contributed by atoms with Gasteiger partial charge in [-0.1, -0.05) is 36.4 Å². The number of aromatic nitrogens is 2. The minimum absolute atomic E-state index is 0.0506. The van der Waals surface area contributed by atoms with Crippen LogP contribution >= 0.6 is 0 Å². The van der Waals surface area contributed by atoms with Crippen LogP contribution in [0.15, 0.2) is 65.7 Å². The van der Waals surface area contributed by atoms with E-state index in [1.807, 2.05) is 62.4 Å². The molecule has 1 aliphatic heterocycles. The number of hydrogen-bond acceptors (Lipinski definition) is 4. The second kappa shape index (κ2) is 9.18. The van der Waals surface area contributed by atoms with E-state index >= 15 is 0 Å². The molecule has 1 fully saturated rings. The van der Waals surface area contributed by atoms with Crippen LogP contribution in [0.3, 0.4) is 0 Å². The lowest BCUT2D eigenvalue weighted by Gasteiger charge is -2.18. The number of anilines is 1. The second-order valence-corrected chi connectivity index (χ2v) is 8.14. The zero-order valence-corrected chi connectivity index (χ0v) is 18.2. The molecule has 32 heavy (non-hydrogen) atoms. The van der Waals surface area contributed by atoms with Crippen LogP contribution in [0.1, 0.15) is 17.5 Å². The average molecular weight is 431 g/mol. The molecule has 2 heterocycles. The molecule has 1 aliphatic rings. The van der Waals surface area contributed by atoms with Crippen LogP contribution in [-0.4, -0.2) is 34.5 Å². The molecule has 0 aliphatic carbocycles. The molecule has 1 aromatic heterocycles. The normalized spacial score (nSPS) is 15.8. The largest absolute Gasteiger partial charge is 0.354 e. The highest BCUT2D eigenvalue weighted by Gasteiger charge is 2.35. The molecule has 3 aromatic rings. The molecule has 2 aromatic carbocycles. The highest BCUT2D eigenvalue weighted by molar-refractivity contribution is 6.00. The molecule has 1 atom stereocenters. The second-order valence-electron chi connectivity index (χ2n) is 8.14. The Morgan fingerprint density at radius 1 is 1.06 bits per heavy atom. The fourth-order valence-corrected chi connectivity index (χ4v) is 3.83. The number of carbonyl (C=O) groups excluding carboxylic acids is 2. The van der Waals surface area contributed by atoms with Gasteiger partial charge < -0.3 is 10.2 Å². The minimum Gasteiger partial charge on any atom is -0.354 e. The molecule has 0 radical (unpaired) electrons. The highest BCUT2D eigenvalue weighted by atomic mass is 16.2. The first-order chi connectivity index (χ1) is 15.4. The van der Waals surface area contributed by atoms with Crippen molar-refractivity contribution in [2.75, 3.05) is 18.0 Å². The first-order valence-electron chi connectivity index (χ1n) is 10.7. The van der Waals surface area contributed by atoms with Crippen LogP contribution in [0, 0.1) is 19.8 Å². The third kappa shape index (κ3) is 4.61. The zero-order chi connectivity index (χ0) is 22.7. The average Bonchev–Trinajstić information content (AvgIpc) is 3.19. The lowest BCUT2D eigenvalue weighted by atomic mass is 10.1. The molecule has 164 valence electrons. The number of aryl methyl sites for hydroxylation is 2. The number of benzene rings is 2. The van der Waals surface area contributed by atoms with Crippen molar-refractivity contribution in [3.05, 3.63) is 82.4 Å². The third-order valence-corrected chi connectivity index (χ3v) is 5.90. The van der Waals surface area contributed by atoms with Crippen molar-refractivity contribution in [1.82, 2.24) is 14.9 Å². The third-order valence-electron chi connectivity index (χ3n) is 5.90. The molecule has 4 rings (SSSR count). The number of carbonyl (C=O) groups is 2. The summed E-state index contributed by atoms with van der Waals surface area (Å²) in [5.74, 6) is -0.628. The van der Waals surface area contributed by atoms with E-state index in [4.69, 9.17) is 0 Å². The number of nitrogens with one attached hydrogen (secondary N) is 1. The molecule has 7 nitrogen and oxygen atoms in total. The number of amides is 2. The van der Waals surface area contributed by atoms with Crippen molar-refractivity contribution >= 4 is 17.5 Å². The van der Waals surface area contributed by atoms with Crippen LogP contribution in [0.25, 0.3) is 11.3 Å². The maximum absolute atomic E-state index is 12.6. The molecule has 0 unspecified atom stereocenters. The monoisotopic (exact) mass is 430 g/mol. The molecule has 0 saturated carbocycles. The van der Waals surface area contributed by atoms with Gasteiger partial charge in [-0.2, -0.15) is 0 Å². The summed E-state index contributed by atoms with van der Waals surface area (Å²) in [6, 6.07) is 16.9. The summed E-state index contributed by atoms with van der Waals surface area (Å²) in [6.07, 6.45) is 1.68. The number of nitrogens with zero attached hydrogens (tertiary/aromatic N) is 3. The van der Waals surface area contributed by atoms with Gasteiger partial charge in [-0.25, -0.2) is 4.98 Å². The van der Waals surface area contributed by atoms with E-state index in [2.05, 4.69) is 10.3 Å². The summed E-state index contributed by atoms with van der Waals surface area (Å²) in [5.41, 5.74) is 4.42. The minimum atomic E-state index is -0.403. The molecule has 7 heteroatoms. The Morgan fingerprint density at radius 2 is 1.84 bits per heavy atom. The fourth-order valence-electron chi connectivity index (χ4n) is 3.83. The fraction of sp³-hybridized carbons (Fsp3) is 0.280. The SMILES string of the molecule is Cc1ccc(N2C[C@H](C(=O)NCCn3cnc(-c4ccccc4)cc3=O)CC2=O)cc1C. The van der Waals surface area contributed by atoms with Gasteiger partial charge in [0.05, 0.1) is 17.9 Å². The summed E-state index contributed by atoms with van der Waals surface area (Å²) in [4.78, 5) is 43.5. The lowest BCUT2D eigenvalue weighted by Crippen LogP contribution is -2.36.